The van der Waals surface area contributed by atoms with Gasteiger partial charge < -0.3 is 19.9 Å². The Hall–Kier alpha value is -2.93. The molecule has 0 radical (unpaired) electrons. The molecule has 5 nitrogen and oxygen atoms in total. The van der Waals surface area contributed by atoms with E-state index in [0.29, 0.717) is 5.56 Å². The van der Waals surface area contributed by atoms with Gasteiger partial charge >= 0.3 is 6.61 Å². The molecule has 0 aliphatic carbocycles. The molecule has 1 aliphatic heterocycles. The van der Waals surface area contributed by atoms with Crippen LogP contribution in [0.5, 0.6) is 5.75 Å². The Labute approximate surface area is 175 Å². The van der Waals surface area contributed by atoms with Crippen LogP contribution in [0.4, 0.5) is 20.2 Å². The lowest BCUT2D eigenvalue weighted by Gasteiger charge is -2.36. The second-order valence-electron chi connectivity index (χ2n) is 7.19. The van der Waals surface area contributed by atoms with Crippen LogP contribution in [0.25, 0.3) is 6.08 Å². The molecule has 1 N–H and O–H groups in total. The third-order valence-corrected chi connectivity index (χ3v) is 5.16. The molecule has 1 aliphatic rings. The van der Waals surface area contributed by atoms with Crippen molar-refractivity contribution < 1.29 is 18.3 Å². The van der Waals surface area contributed by atoms with Crippen molar-refractivity contribution in [1.29, 1.82) is 0 Å². The maximum Gasteiger partial charge on any atom is 0.387 e. The monoisotopic (exact) mass is 415 g/mol. The Morgan fingerprint density at radius 2 is 1.83 bits per heavy atom. The van der Waals surface area contributed by atoms with Gasteiger partial charge in [-0.15, -0.1) is 0 Å². The summed E-state index contributed by atoms with van der Waals surface area (Å²) >= 11 is 0. The molecule has 30 heavy (non-hydrogen) atoms. The third kappa shape index (κ3) is 6.03. The highest BCUT2D eigenvalue weighted by atomic mass is 19.3. The van der Waals surface area contributed by atoms with E-state index in [-0.39, 0.29) is 11.7 Å². The number of benzene rings is 2. The van der Waals surface area contributed by atoms with Crippen LogP contribution in [-0.4, -0.2) is 50.1 Å². The largest absolute Gasteiger partial charge is 0.435 e. The molecule has 2 aromatic rings. The molecule has 1 amide bonds. The first-order chi connectivity index (χ1) is 14.4. The number of aryl methyl sites for hydroxylation is 1. The first kappa shape index (κ1) is 21.8. The quantitative estimate of drug-likeness (QED) is 0.682. The number of piperazine rings is 1. The lowest BCUT2D eigenvalue weighted by molar-refractivity contribution is -0.111. The van der Waals surface area contributed by atoms with Gasteiger partial charge in [-0.2, -0.15) is 8.78 Å². The summed E-state index contributed by atoms with van der Waals surface area (Å²) in [5.41, 5.74) is 3.77. The molecule has 0 atom stereocenters. The van der Waals surface area contributed by atoms with Crippen molar-refractivity contribution >= 4 is 23.4 Å². The zero-order valence-corrected chi connectivity index (χ0v) is 17.3. The van der Waals surface area contributed by atoms with Gasteiger partial charge in [0, 0.05) is 43.6 Å². The van der Waals surface area contributed by atoms with Crippen molar-refractivity contribution in [2.75, 3.05) is 42.9 Å². The normalized spacial score (nSPS) is 15.0. The van der Waals surface area contributed by atoms with Gasteiger partial charge in [0.2, 0.25) is 5.91 Å². The number of ether oxygens (including phenoxy) is 1. The van der Waals surface area contributed by atoms with E-state index in [1.54, 1.807) is 18.2 Å². The summed E-state index contributed by atoms with van der Waals surface area (Å²) < 4.78 is 28.7. The number of carbonyl (C=O) groups is 1. The maximum absolute atomic E-state index is 12.2. The number of anilines is 2. The van der Waals surface area contributed by atoms with Crippen molar-refractivity contribution in [3.05, 3.63) is 59.7 Å². The van der Waals surface area contributed by atoms with E-state index < -0.39 is 6.61 Å². The molecule has 1 heterocycles. The number of amides is 1. The zero-order valence-electron chi connectivity index (χ0n) is 17.3. The summed E-state index contributed by atoms with van der Waals surface area (Å²) in [6, 6.07) is 12.0. The lowest BCUT2D eigenvalue weighted by Crippen LogP contribution is -2.46. The van der Waals surface area contributed by atoms with Crippen LogP contribution < -0.4 is 15.0 Å². The number of carbonyl (C=O) groups excluding carboxylic acids is 1. The van der Waals surface area contributed by atoms with E-state index in [1.165, 1.54) is 23.9 Å². The Morgan fingerprint density at radius 3 is 2.43 bits per heavy atom. The molecule has 0 saturated carbocycles. The number of rotatable bonds is 7. The number of hydrogen-bond donors (Lipinski definition) is 1. The van der Waals surface area contributed by atoms with Crippen LogP contribution in [0.3, 0.4) is 0 Å². The fourth-order valence-electron chi connectivity index (χ4n) is 3.51. The maximum atomic E-state index is 12.2. The lowest BCUT2D eigenvalue weighted by atomic mass is 10.1. The topological polar surface area (TPSA) is 44.8 Å². The second-order valence-corrected chi connectivity index (χ2v) is 7.19. The van der Waals surface area contributed by atoms with Gasteiger partial charge in [-0.1, -0.05) is 19.1 Å². The number of halogens is 2. The van der Waals surface area contributed by atoms with Gasteiger partial charge in [-0.25, -0.2) is 0 Å². The molecule has 1 saturated heterocycles. The van der Waals surface area contributed by atoms with Gasteiger partial charge in [0.15, 0.2) is 0 Å². The van der Waals surface area contributed by atoms with Crippen LogP contribution in [0.15, 0.2) is 48.5 Å². The van der Waals surface area contributed by atoms with Crippen LogP contribution in [0.2, 0.25) is 0 Å². The van der Waals surface area contributed by atoms with Crippen molar-refractivity contribution in [2.45, 2.75) is 20.5 Å². The van der Waals surface area contributed by atoms with Gasteiger partial charge in [0.05, 0.1) is 0 Å². The zero-order chi connectivity index (χ0) is 21.5. The highest BCUT2D eigenvalue weighted by molar-refractivity contribution is 6.02. The Morgan fingerprint density at radius 1 is 1.13 bits per heavy atom. The van der Waals surface area contributed by atoms with Gasteiger partial charge in [-0.3, -0.25) is 4.79 Å². The smallest absolute Gasteiger partial charge is 0.387 e. The Kier molecular flexibility index (Phi) is 7.41. The van der Waals surface area contributed by atoms with E-state index in [0.717, 1.165) is 44.0 Å². The Balaban J connectivity index is 1.56. The van der Waals surface area contributed by atoms with Crippen LogP contribution >= 0.6 is 0 Å². The number of hydrogen-bond acceptors (Lipinski definition) is 4. The highest BCUT2D eigenvalue weighted by Crippen LogP contribution is 2.25. The van der Waals surface area contributed by atoms with E-state index in [4.69, 9.17) is 0 Å². The molecule has 2 aromatic carbocycles. The SMILES string of the molecule is CCN1CCN(c2ccc(NC(=O)/C=C/c3ccc(OC(F)F)cc3)cc2C)CC1. The minimum absolute atomic E-state index is 0.0817. The van der Waals surface area contributed by atoms with Gasteiger partial charge in [0.25, 0.3) is 0 Å². The number of nitrogens with zero attached hydrogens (tertiary/aromatic N) is 2. The predicted molar refractivity (Wildman–Crippen MR) is 116 cm³/mol. The molecule has 0 aromatic heterocycles. The molecule has 7 heteroatoms. The summed E-state index contributed by atoms with van der Waals surface area (Å²) in [5.74, 6) is -0.176. The van der Waals surface area contributed by atoms with Crippen molar-refractivity contribution in [3.8, 4) is 5.75 Å². The second kappa shape index (κ2) is 10.2. The molecule has 0 spiro atoms. The molecule has 3 rings (SSSR count). The predicted octanol–water partition coefficient (Wildman–Crippen LogP) is 4.39. The first-order valence-electron chi connectivity index (χ1n) is 10.1. The van der Waals surface area contributed by atoms with Crippen molar-refractivity contribution in [3.63, 3.8) is 0 Å². The van der Waals surface area contributed by atoms with Crippen LogP contribution in [-0.2, 0) is 4.79 Å². The number of alkyl halides is 2. The summed E-state index contributed by atoms with van der Waals surface area (Å²) in [6.45, 7) is 6.60. The van der Waals surface area contributed by atoms with Crippen LogP contribution in [0.1, 0.15) is 18.1 Å². The van der Waals surface area contributed by atoms with Crippen molar-refractivity contribution in [1.82, 2.24) is 4.90 Å². The fraction of sp³-hybridized carbons (Fsp3) is 0.348. The number of likely N-dealkylation sites (N-methyl/N-ethyl adjacent to an activating group) is 1. The summed E-state index contributed by atoms with van der Waals surface area (Å²) in [7, 11) is 0. The van der Waals surface area contributed by atoms with Crippen molar-refractivity contribution in [2.24, 2.45) is 0 Å². The average molecular weight is 415 g/mol. The summed E-state index contributed by atoms with van der Waals surface area (Å²) in [4.78, 5) is 17.0. The van der Waals surface area contributed by atoms with Crippen LogP contribution in [0, 0.1) is 6.92 Å². The molecule has 0 bridgehead atoms. The molecular formula is C23H27F2N3O2. The summed E-state index contributed by atoms with van der Waals surface area (Å²) in [6.07, 6.45) is 3.03. The van der Waals surface area contributed by atoms with Gasteiger partial charge in [0.1, 0.15) is 5.75 Å². The standard InChI is InChI=1S/C23H27F2N3O2/c1-3-27-12-14-28(15-13-27)21-10-7-19(16-17(21)2)26-22(29)11-6-18-4-8-20(9-5-18)30-23(24)25/h4-11,16,23H,3,12-15H2,1-2H3,(H,26,29)/b11-6+. The molecule has 0 unspecified atom stereocenters. The van der Waals surface area contributed by atoms with E-state index in [2.05, 4.69) is 39.8 Å². The minimum Gasteiger partial charge on any atom is -0.435 e. The highest BCUT2D eigenvalue weighted by Gasteiger charge is 2.17. The molecule has 1 fully saturated rings. The average Bonchev–Trinajstić information content (AvgIpc) is 2.73. The van der Waals surface area contributed by atoms with Gasteiger partial charge in [-0.05, 0) is 61.0 Å². The number of nitrogens with one attached hydrogen (secondary N) is 1. The first-order valence-corrected chi connectivity index (χ1v) is 10.1. The van der Waals surface area contributed by atoms with E-state index >= 15 is 0 Å². The fourth-order valence-corrected chi connectivity index (χ4v) is 3.51. The van der Waals surface area contributed by atoms with E-state index in [9.17, 15) is 13.6 Å². The molecular weight excluding hydrogens is 388 g/mol. The summed E-state index contributed by atoms with van der Waals surface area (Å²) in [5, 5.41) is 2.86. The Bertz CT molecular complexity index is 877. The molecule has 160 valence electrons. The van der Waals surface area contributed by atoms with E-state index in [1.807, 2.05) is 12.1 Å². The minimum atomic E-state index is -2.85. The third-order valence-electron chi connectivity index (χ3n) is 5.16.